The summed E-state index contributed by atoms with van der Waals surface area (Å²) in [5.74, 6) is 1.24. The fourth-order valence-electron chi connectivity index (χ4n) is 2.61. The number of methoxy groups -OCH3 is 1. The van der Waals surface area contributed by atoms with Crippen molar-refractivity contribution >= 4 is 39.1 Å². The van der Waals surface area contributed by atoms with E-state index in [9.17, 15) is 0 Å². The van der Waals surface area contributed by atoms with Crippen LogP contribution in [0.2, 0.25) is 10.0 Å². The molecule has 0 aromatic heterocycles. The largest absolute Gasteiger partial charge is 0.493 e. The maximum absolute atomic E-state index is 8.73. The topological polar surface area (TPSA) is 62.8 Å². The molecule has 0 aliphatic heterocycles. The first-order valence-electron chi connectivity index (χ1n) is 9.01. The molecule has 0 spiro atoms. The molecule has 0 aliphatic rings. The lowest BCUT2D eigenvalue weighted by Crippen LogP contribution is -2.23. The molecule has 8 heteroatoms. The second kappa shape index (κ2) is 12.5. The van der Waals surface area contributed by atoms with Crippen molar-refractivity contribution in [2.75, 3.05) is 33.4 Å². The van der Waals surface area contributed by atoms with Gasteiger partial charge in [0.05, 0.1) is 18.2 Å². The zero-order valence-corrected chi connectivity index (χ0v) is 18.8. The molecule has 0 radical (unpaired) electrons. The first-order valence-corrected chi connectivity index (χ1v) is 10.6. The van der Waals surface area contributed by atoms with Crippen molar-refractivity contribution < 1.29 is 14.6 Å². The molecule has 0 bridgehead atoms. The molecule has 0 unspecified atom stereocenters. The standard InChI is InChI=1S/C20H25BrCl2N2O3/c1-27-19-11-14(12-25-7-3-6-24-8-9-26)10-16(21)20(19)28-13-15-17(22)4-2-5-18(15)23/h2,4-5,10-11,24-26H,3,6-9,12-13H2,1H3. The van der Waals surface area contributed by atoms with Crippen molar-refractivity contribution in [3.63, 3.8) is 0 Å². The highest BCUT2D eigenvalue weighted by Gasteiger charge is 2.14. The average molecular weight is 492 g/mol. The van der Waals surface area contributed by atoms with Crippen LogP contribution in [-0.2, 0) is 13.2 Å². The van der Waals surface area contributed by atoms with Gasteiger partial charge in [0.1, 0.15) is 6.61 Å². The number of aliphatic hydroxyl groups excluding tert-OH is 1. The Hall–Kier alpha value is -1.02. The number of nitrogens with one attached hydrogen (secondary N) is 2. The highest BCUT2D eigenvalue weighted by molar-refractivity contribution is 9.10. The van der Waals surface area contributed by atoms with Crippen LogP contribution in [0.5, 0.6) is 11.5 Å². The molecule has 154 valence electrons. The third-order valence-corrected chi connectivity index (χ3v) is 5.33. The molecule has 0 fully saturated rings. The molecule has 0 amide bonds. The number of hydrogen-bond acceptors (Lipinski definition) is 5. The number of aliphatic hydroxyl groups is 1. The van der Waals surface area contributed by atoms with E-state index in [0.29, 0.717) is 34.6 Å². The number of halogens is 3. The van der Waals surface area contributed by atoms with E-state index < -0.39 is 0 Å². The molecule has 0 saturated heterocycles. The Bertz CT molecular complexity index is 742. The van der Waals surface area contributed by atoms with Crippen LogP contribution < -0.4 is 20.1 Å². The minimum absolute atomic E-state index is 0.165. The first kappa shape index (κ1) is 23.3. The highest BCUT2D eigenvalue weighted by Crippen LogP contribution is 2.38. The fraction of sp³-hybridized carbons (Fsp3) is 0.400. The lowest BCUT2D eigenvalue weighted by molar-refractivity contribution is 0.282. The van der Waals surface area contributed by atoms with E-state index in [0.717, 1.165) is 35.1 Å². The molecule has 0 aliphatic carbocycles. The van der Waals surface area contributed by atoms with E-state index in [1.807, 2.05) is 12.1 Å². The second-order valence-corrected chi connectivity index (χ2v) is 7.77. The van der Waals surface area contributed by atoms with Crippen LogP contribution in [0.3, 0.4) is 0 Å². The van der Waals surface area contributed by atoms with E-state index in [-0.39, 0.29) is 13.2 Å². The van der Waals surface area contributed by atoms with Crippen LogP contribution in [0.1, 0.15) is 17.5 Å². The van der Waals surface area contributed by atoms with Crippen molar-refractivity contribution in [1.29, 1.82) is 0 Å². The Morgan fingerprint density at radius 1 is 1.07 bits per heavy atom. The molecular weight excluding hydrogens is 467 g/mol. The second-order valence-electron chi connectivity index (χ2n) is 6.10. The quantitative estimate of drug-likeness (QED) is 0.384. The van der Waals surface area contributed by atoms with E-state index in [1.54, 1.807) is 25.3 Å². The van der Waals surface area contributed by atoms with Gasteiger partial charge in [0, 0.05) is 28.7 Å². The van der Waals surface area contributed by atoms with E-state index in [4.69, 9.17) is 37.8 Å². The van der Waals surface area contributed by atoms with Gasteiger partial charge in [-0.25, -0.2) is 0 Å². The number of hydrogen-bond donors (Lipinski definition) is 3. The summed E-state index contributed by atoms with van der Waals surface area (Å²) in [5, 5.41) is 16.4. The molecule has 0 heterocycles. The van der Waals surface area contributed by atoms with Gasteiger partial charge in [0.2, 0.25) is 0 Å². The Morgan fingerprint density at radius 3 is 2.46 bits per heavy atom. The summed E-state index contributed by atoms with van der Waals surface area (Å²) in [6.45, 7) is 3.50. The molecule has 0 atom stereocenters. The Labute approximate surface area is 184 Å². The van der Waals surface area contributed by atoms with Gasteiger partial charge >= 0.3 is 0 Å². The summed E-state index contributed by atoms with van der Waals surface area (Å²) in [5.41, 5.74) is 1.82. The summed E-state index contributed by atoms with van der Waals surface area (Å²) in [6.07, 6.45) is 0.984. The zero-order valence-electron chi connectivity index (χ0n) is 15.7. The monoisotopic (exact) mass is 490 g/mol. The third-order valence-electron chi connectivity index (χ3n) is 4.04. The van der Waals surface area contributed by atoms with Crippen molar-refractivity contribution in [2.45, 2.75) is 19.6 Å². The van der Waals surface area contributed by atoms with Crippen molar-refractivity contribution in [3.05, 3.63) is 56.0 Å². The van der Waals surface area contributed by atoms with Crippen LogP contribution in [0.15, 0.2) is 34.8 Å². The number of ether oxygens (including phenoxy) is 2. The van der Waals surface area contributed by atoms with Crippen LogP contribution in [-0.4, -0.2) is 38.5 Å². The van der Waals surface area contributed by atoms with E-state index >= 15 is 0 Å². The molecule has 2 aromatic carbocycles. The fourth-order valence-corrected chi connectivity index (χ4v) is 3.72. The Morgan fingerprint density at radius 2 is 1.79 bits per heavy atom. The molecule has 2 aromatic rings. The molecule has 2 rings (SSSR count). The normalized spacial score (nSPS) is 10.9. The first-order chi connectivity index (χ1) is 13.6. The number of rotatable bonds is 12. The van der Waals surface area contributed by atoms with Gasteiger partial charge in [-0.3, -0.25) is 0 Å². The summed E-state index contributed by atoms with van der Waals surface area (Å²) in [6, 6.07) is 9.32. The maximum Gasteiger partial charge on any atom is 0.175 e. The van der Waals surface area contributed by atoms with Gasteiger partial charge in [-0.1, -0.05) is 29.3 Å². The lowest BCUT2D eigenvalue weighted by Gasteiger charge is -2.16. The van der Waals surface area contributed by atoms with Crippen molar-refractivity contribution in [3.8, 4) is 11.5 Å². The Balaban J connectivity index is 1.95. The van der Waals surface area contributed by atoms with E-state index in [1.165, 1.54) is 0 Å². The van der Waals surface area contributed by atoms with Crippen molar-refractivity contribution in [2.24, 2.45) is 0 Å². The van der Waals surface area contributed by atoms with Crippen LogP contribution >= 0.6 is 39.1 Å². The summed E-state index contributed by atoms with van der Waals surface area (Å²) >= 11 is 16.0. The van der Waals surface area contributed by atoms with Crippen LogP contribution in [0, 0.1) is 0 Å². The summed E-state index contributed by atoms with van der Waals surface area (Å²) in [7, 11) is 1.61. The minimum atomic E-state index is 0.165. The lowest BCUT2D eigenvalue weighted by atomic mass is 10.2. The molecular formula is C20H25BrCl2N2O3. The van der Waals surface area contributed by atoms with Gasteiger partial charge in [-0.05, 0) is 65.3 Å². The van der Waals surface area contributed by atoms with Gasteiger partial charge in [-0.15, -0.1) is 0 Å². The predicted octanol–water partition coefficient (Wildman–Crippen LogP) is 4.41. The third kappa shape index (κ3) is 7.10. The van der Waals surface area contributed by atoms with Gasteiger partial charge in [0.25, 0.3) is 0 Å². The molecule has 5 nitrogen and oxygen atoms in total. The van der Waals surface area contributed by atoms with Gasteiger partial charge < -0.3 is 25.2 Å². The molecule has 28 heavy (non-hydrogen) atoms. The predicted molar refractivity (Wildman–Crippen MR) is 118 cm³/mol. The molecule has 3 N–H and O–H groups in total. The SMILES string of the molecule is COc1cc(CNCCCNCCO)cc(Br)c1OCc1c(Cl)cccc1Cl. The van der Waals surface area contributed by atoms with Gasteiger partial charge in [0.15, 0.2) is 11.5 Å². The van der Waals surface area contributed by atoms with Crippen LogP contribution in [0.25, 0.3) is 0 Å². The van der Waals surface area contributed by atoms with E-state index in [2.05, 4.69) is 26.6 Å². The summed E-state index contributed by atoms with van der Waals surface area (Å²) < 4.78 is 12.3. The Kier molecular flexibility index (Phi) is 10.4. The average Bonchev–Trinajstić information content (AvgIpc) is 2.67. The summed E-state index contributed by atoms with van der Waals surface area (Å²) in [4.78, 5) is 0. The minimum Gasteiger partial charge on any atom is -0.493 e. The molecule has 0 saturated carbocycles. The number of benzene rings is 2. The maximum atomic E-state index is 8.73. The highest BCUT2D eigenvalue weighted by atomic mass is 79.9. The zero-order chi connectivity index (χ0) is 20.4. The van der Waals surface area contributed by atoms with Gasteiger partial charge in [-0.2, -0.15) is 0 Å². The smallest absolute Gasteiger partial charge is 0.175 e. The van der Waals surface area contributed by atoms with Crippen molar-refractivity contribution in [1.82, 2.24) is 10.6 Å². The van der Waals surface area contributed by atoms with Crippen LogP contribution in [0.4, 0.5) is 0 Å².